The summed E-state index contributed by atoms with van der Waals surface area (Å²) in [5.41, 5.74) is 1.94. The Labute approximate surface area is 181 Å². The van der Waals surface area contributed by atoms with E-state index >= 15 is 0 Å². The van der Waals surface area contributed by atoms with Gasteiger partial charge in [0, 0.05) is 13.0 Å². The number of aliphatic hydroxyl groups excluding tert-OH is 1. The molecule has 168 valence electrons. The number of fused-ring (bicyclic) bond motifs is 1. The Morgan fingerprint density at radius 1 is 1.10 bits per heavy atom. The van der Waals surface area contributed by atoms with Crippen LogP contribution < -0.4 is 14.2 Å². The van der Waals surface area contributed by atoms with E-state index in [9.17, 15) is 5.11 Å². The monoisotopic (exact) mass is 418 g/mol. The van der Waals surface area contributed by atoms with Crippen LogP contribution in [0.2, 0.25) is 0 Å². The molecule has 0 radical (unpaired) electrons. The van der Waals surface area contributed by atoms with Crippen molar-refractivity contribution in [1.82, 2.24) is 0 Å². The normalized spacial score (nSPS) is 29.1. The van der Waals surface area contributed by atoms with Crippen LogP contribution >= 0.6 is 0 Å². The molecule has 3 rings (SSSR count). The van der Waals surface area contributed by atoms with Gasteiger partial charge < -0.3 is 24.1 Å². The topological polar surface area (TPSA) is 57.2 Å². The van der Waals surface area contributed by atoms with Crippen LogP contribution in [-0.4, -0.2) is 33.2 Å². The van der Waals surface area contributed by atoms with Crippen molar-refractivity contribution < 1.29 is 24.1 Å². The van der Waals surface area contributed by atoms with Crippen LogP contribution in [0.15, 0.2) is 24.3 Å². The van der Waals surface area contributed by atoms with Gasteiger partial charge in [-0.3, -0.25) is 0 Å². The van der Waals surface area contributed by atoms with Crippen LogP contribution in [0, 0.1) is 22.7 Å². The molecule has 1 N–H and O–H groups in total. The Balaban J connectivity index is 2.12. The van der Waals surface area contributed by atoms with Crippen molar-refractivity contribution in [3.8, 4) is 17.2 Å². The second-order valence-corrected chi connectivity index (χ2v) is 9.78. The summed E-state index contributed by atoms with van der Waals surface area (Å²) >= 11 is 0. The molecule has 2 fully saturated rings. The molecule has 0 aliphatic heterocycles. The number of rotatable bonds is 7. The van der Waals surface area contributed by atoms with E-state index in [-0.39, 0.29) is 23.5 Å². The number of methoxy groups -OCH3 is 3. The smallest absolute Gasteiger partial charge is 0.188 e. The lowest BCUT2D eigenvalue weighted by atomic mass is 9.46. The highest BCUT2D eigenvalue weighted by Crippen LogP contribution is 2.64. The Morgan fingerprint density at radius 2 is 1.77 bits per heavy atom. The van der Waals surface area contributed by atoms with Gasteiger partial charge in [0.15, 0.2) is 18.3 Å². The largest absolute Gasteiger partial charge is 0.496 e. The molecule has 0 heterocycles. The van der Waals surface area contributed by atoms with Gasteiger partial charge in [-0.1, -0.05) is 39.3 Å². The number of benzene rings is 1. The van der Waals surface area contributed by atoms with Crippen molar-refractivity contribution in [3.63, 3.8) is 0 Å². The van der Waals surface area contributed by atoms with Crippen molar-refractivity contribution in [2.24, 2.45) is 22.7 Å². The lowest BCUT2D eigenvalue weighted by Gasteiger charge is -2.58. The maximum atomic E-state index is 11.9. The van der Waals surface area contributed by atoms with Gasteiger partial charge in [0.25, 0.3) is 0 Å². The van der Waals surface area contributed by atoms with Gasteiger partial charge in [-0.2, -0.15) is 0 Å². The Hall–Kier alpha value is -1.72. The first kappa shape index (κ1) is 23.0. The van der Waals surface area contributed by atoms with Crippen molar-refractivity contribution >= 4 is 0 Å². The number of hydrogen-bond donors (Lipinski definition) is 1. The first-order valence-corrected chi connectivity index (χ1v) is 10.9. The fraction of sp³-hybridized carbons (Fsp3) is 0.680. The standard InChI is InChI=1S/C25H38O5/c1-16-9-12-19-24(2,3)13-8-14-25(19,4)21(16)22(26)20-17(28-6)10-11-18(29-7)23(20)30-15-27-5/h10-11,19,21-22,26H,1,8-9,12-15H2,2-7H3/t19-,21+,22?,25-/m0/s1. The Morgan fingerprint density at radius 3 is 2.40 bits per heavy atom. The van der Waals surface area contributed by atoms with Crippen molar-refractivity contribution in [2.45, 2.75) is 59.0 Å². The van der Waals surface area contributed by atoms with Gasteiger partial charge in [-0.25, -0.2) is 0 Å². The molecule has 0 saturated heterocycles. The minimum Gasteiger partial charge on any atom is -0.496 e. The molecule has 5 heteroatoms. The van der Waals surface area contributed by atoms with Crippen molar-refractivity contribution in [1.29, 1.82) is 0 Å². The minimum atomic E-state index is -0.809. The number of ether oxygens (including phenoxy) is 4. The van der Waals surface area contributed by atoms with Gasteiger partial charge in [-0.15, -0.1) is 0 Å². The molecule has 4 atom stereocenters. The molecule has 30 heavy (non-hydrogen) atoms. The highest BCUT2D eigenvalue weighted by molar-refractivity contribution is 5.55. The van der Waals surface area contributed by atoms with E-state index in [4.69, 9.17) is 18.9 Å². The van der Waals surface area contributed by atoms with Gasteiger partial charge in [-0.05, 0) is 54.6 Å². The van der Waals surface area contributed by atoms with Crippen LogP contribution in [0.25, 0.3) is 0 Å². The third-order valence-electron chi connectivity index (χ3n) is 7.67. The summed E-state index contributed by atoms with van der Waals surface area (Å²) in [6, 6.07) is 3.62. The SMILES string of the molecule is C=C1CC[C@H]2C(C)(C)CCC[C@]2(C)[C@H]1C(O)c1c(OC)ccc(OC)c1OCOC. The van der Waals surface area contributed by atoms with Gasteiger partial charge in [0.2, 0.25) is 0 Å². The van der Waals surface area contributed by atoms with Crippen LogP contribution in [0.4, 0.5) is 0 Å². The Bertz CT molecular complexity index is 771. The van der Waals surface area contributed by atoms with Gasteiger partial charge >= 0.3 is 0 Å². The quantitative estimate of drug-likeness (QED) is 0.467. The predicted octanol–water partition coefficient (Wildman–Crippen LogP) is 5.52. The second kappa shape index (κ2) is 8.80. The third-order valence-corrected chi connectivity index (χ3v) is 7.67. The molecular weight excluding hydrogens is 380 g/mol. The molecule has 2 aliphatic rings. The number of hydrogen-bond acceptors (Lipinski definition) is 5. The van der Waals surface area contributed by atoms with Crippen molar-refractivity contribution in [2.75, 3.05) is 28.1 Å². The highest BCUT2D eigenvalue weighted by Gasteiger charge is 2.55. The first-order chi connectivity index (χ1) is 14.2. The summed E-state index contributed by atoms with van der Waals surface area (Å²) in [5.74, 6) is 2.06. The van der Waals surface area contributed by atoms with Crippen LogP contribution in [0.5, 0.6) is 17.2 Å². The van der Waals surface area contributed by atoms with Crippen LogP contribution in [-0.2, 0) is 4.74 Å². The second-order valence-electron chi connectivity index (χ2n) is 9.78. The maximum absolute atomic E-state index is 11.9. The molecule has 0 bridgehead atoms. The third kappa shape index (κ3) is 3.82. The average molecular weight is 419 g/mol. The van der Waals surface area contributed by atoms with E-state index in [1.165, 1.54) is 12.8 Å². The predicted molar refractivity (Wildman–Crippen MR) is 118 cm³/mol. The summed E-state index contributed by atoms with van der Waals surface area (Å²) in [5, 5.41) is 11.9. The molecule has 0 amide bonds. The van der Waals surface area contributed by atoms with Gasteiger partial charge in [0.05, 0.1) is 25.9 Å². The minimum absolute atomic E-state index is 0.0386. The summed E-state index contributed by atoms with van der Waals surface area (Å²) < 4.78 is 22.2. The lowest BCUT2D eigenvalue weighted by Crippen LogP contribution is -2.51. The fourth-order valence-corrected chi connectivity index (χ4v) is 6.41. The van der Waals surface area contributed by atoms with E-state index in [0.29, 0.717) is 28.7 Å². The average Bonchev–Trinajstić information content (AvgIpc) is 2.70. The molecule has 1 aromatic rings. The molecule has 1 unspecified atom stereocenters. The maximum Gasteiger partial charge on any atom is 0.188 e. The zero-order valence-corrected chi connectivity index (χ0v) is 19.4. The van der Waals surface area contributed by atoms with Crippen LogP contribution in [0.1, 0.15) is 64.5 Å². The molecule has 2 saturated carbocycles. The summed E-state index contributed by atoms with van der Waals surface area (Å²) in [7, 11) is 4.78. The zero-order chi connectivity index (χ0) is 22.1. The van der Waals surface area contributed by atoms with E-state index in [0.717, 1.165) is 24.8 Å². The first-order valence-electron chi connectivity index (χ1n) is 10.9. The molecule has 1 aromatic carbocycles. The van der Waals surface area contributed by atoms with Gasteiger partial charge in [0.1, 0.15) is 5.75 Å². The summed E-state index contributed by atoms with van der Waals surface area (Å²) in [6.45, 7) is 11.6. The van der Waals surface area contributed by atoms with Crippen LogP contribution in [0.3, 0.4) is 0 Å². The van der Waals surface area contributed by atoms with E-state index < -0.39 is 6.10 Å². The summed E-state index contributed by atoms with van der Waals surface area (Å²) in [6.07, 6.45) is 4.74. The fourth-order valence-electron chi connectivity index (χ4n) is 6.41. The van der Waals surface area contributed by atoms with E-state index in [1.807, 2.05) is 6.07 Å². The Kier molecular flexibility index (Phi) is 6.73. The molecule has 0 aromatic heterocycles. The number of aliphatic hydroxyl groups is 1. The molecule has 5 nitrogen and oxygen atoms in total. The molecule has 0 spiro atoms. The highest BCUT2D eigenvalue weighted by atomic mass is 16.7. The molecular formula is C25H38O5. The lowest BCUT2D eigenvalue weighted by molar-refractivity contribution is -0.0902. The van der Waals surface area contributed by atoms with Crippen molar-refractivity contribution in [3.05, 3.63) is 29.8 Å². The van der Waals surface area contributed by atoms with E-state index in [2.05, 4.69) is 27.4 Å². The molecule has 2 aliphatic carbocycles. The summed E-state index contributed by atoms with van der Waals surface area (Å²) in [4.78, 5) is 0. The van der Waals surface area contributed by atoms with E-state index in [1.54, 1.807) is 27.4 Å². The zero-order valence-electron chi connectivity index (χ0n) is 19.4.